The molecule has 2 N–H and O–H groups in total. The molecule has 0 aliphatic heterocycles. The molecule has 35 heavy (non-hydrogen) atoms. The fourth-order valence-electron chi connectivity index (χ4n) is 3.66. The minimum absolute atomic E-state index is 0.272. The smallest absolute Gasteiger partial charge is 0.257 e. The third-order valence-corrected chi connectivity index (χ3v) is 6.31. The molecule has 0 atom stereocenters. The number of benzene rings is 2. The molecule has 0 spiro atoms. The van der Waals surface area contributed by atoms with Gasteiger partial charge < -0.3 is 20.0 Å². The number of unbranched alkanes of at least 4 members (excludes halogenated alkanes) is 3. The monoisotopic (exact) mass is 494 g/mol. The van der Waals surface area contributed by atoms with E-state index in [0.717, 1.165) is 43.7 Å². The van der Waals surface area contributed by atoms with Gasteiger partial charge in [0.1, 0.15) is 0 Å². The Labute approximate surface area is 210 Å². The fourth-order valence-corrected chi connectivity index (χ4v) is 4.37. The maximum absolute atomic E-state index is 12.5. The third-order valence-electron chi connectivity index (χ3n) is 5.50. The number of ether oxygens (including phenoxy) is 1. The first kappa shape index (κ1) is 26.4. The number of carbonyl (C=O) groups excluding carboxylic acids is 2. The number of aromatic nitrogens is 1. The maximum atomic E-state index is 12.5. The predicted molar refractivity (Wildman–Crippen MR) is 138 cm³/mol. The number of nitrogens with one attached hydrogen (secondary N) is 2. The molecule has 1 aromatic heterocycles. The molecule has 186 valence electrons. The Morgan fingerprint density at radius 1 is 1.03 bits per heavy atom. The number of carboxylic acid groups (broad SMARTS) is 1. The maximum Gasteiger partial charge on any atom is 0.257 e. The van der Waals surface area contributed by atoms with Gasteiger partial charge in [-0.25, -0.2) is 4.98 Å². The van der Waals surface area contributed by atoms with E-state index in [1.165, 1.54) is 29.7 Å². The zero-order valence-corrected chi connectivity index (χ0v) is 20.9. The third kappa shape index (κ3) is 9.15. The molecule has 7 nitrogen and oxygen atoms in total. The summed E-state index contributed by atoms with van der Waals surface area (Å²) in [6.45, 7) is 4.33. The summed E-state index contributed by atoms with van der Waals surface area (Å²) in [5, 5.41) is 18.9. The largest absolute Gasteiger partial charge is 0.550 e. The molecule has 8 heteroatoms. The molecule has 0 unspecified atom stereocenters. The van der Waals surface area contributed by atoms with Crippen LogP contribution in [0, 0.1) is 0 Å². The first-order valence-electron chi connectivity index (χ1n) is 12.0. The van der Waals surface area contributed by atoms with Crippen molar-refractivity contribution in [2.45, 2.75) is 52.0 Å². The van der Waals surface area contributed by atoms with Gasteiger partial charge in [0.05, 0.1) is 5.69 Å². The molecule has 0 saturated carbocycles. The average molecular weight is 495 g/mol. The number of aliphatic carboxylic acids is 1. The number of aryl methyl sites for hydroxylation is 1. The first-order chi connectivity index (χ1) is 17.0. The van der Waals surface area contributed by atoms with Gasteiger partial charge in [-0.2, -0.15) is 0 Å². The van der Waals surface area contributed by atoms with Crippen LogP contribution in [0.1, 0.15) is 59.8 Å². The second-order valence-electron chi connectivity index (χ2n) is 8.22. The molecule has 0 fully saturated rings. The summed E-state index contributed by atoms with van der Waals surface area (Å²) in [7, 11) is 0. The highest BCUT2D eigenvalue weighted by molar-refractivity contribution is 7.14. The molecule has 0 aliphatic rings. The summed E-state index contributed by atoms with van der Waals surface area (Å²) in [6, 6.07) is 15.8. The second-order valence-corrected chi connectivity index (χ2v) is 9.07. The lowest BCUT2D eigenvalue weighted by Gasteiger charge is -2.12. The van der Waals surface area contributed by atoms with Crippen molar-refractivity contribution in [1.82, 2.24) is 4.98 Å². The van der Waals surface area contributed by atoms with Crippen molar-refractivity contribution in [2.24, 2.45) is 0 Å². The highest BCUT2D eigenvalue weighted by atomic mass is 32.1. The molecule has 3 rings (SSSR count). The van der Waals surface area contributed by atoms with E-state index in [4.69, 9.17) is 4.74 Å². The molecule has 3 aromatic rings. The van der Waals surface area contributed by atoms with Gasteiger partial charge in [-0.3, -0.25) is 10.1 Å². The summed E-state index contributed by atoms with van der Waals surface area (Å²) in [4.78, 5) is 27.3. The Balaban J connectivity index is 1.46. The van der Waals surface area contributed by atoms with Crippen LogP contribution in [0.2, 0.25) is 0 Å². The van der Waals surface area contributed by atoms with Crippen LogP contribution in [0.4, 0.5) is 10.8 Å². The number of hydrogen-bond acceptors (Lipinski definition) is 7. The van der Waals surface area contributed by atoms with E-state index < -0.39 is 5.97 Å². The normalized spacial score (nSPS) is 10.8. The zero-order valence-electron chi connectivity index (χ0n) is 20.0. The van der Waals surface area contributed by atoms with E-state index in [-0.39, 0.29) is 12.3 Å². The number of para-hydroxylation sites is 1. The summed E-state index contributed by atoms with van der Waals surface area (Å²) in [5.41, 5.74) is 4.40. The molecule has 0 bridgehead atoms. The SMILES string of the molecule is CCOCCCCCCc1ccccc1NCc1ccc(C(=O)Nc2nc(CC(=O)[O-])cs2)cc1. The van der Waals surface area contributed by atoms with Crippen molar-refractivity contribution < 1.29 is 19.4 Å². The standard InChI is InChI=1S/C27H33N3O4S/c1-2-34-16-8-4-3-5-9-21-10-6-7-11-24(21)28-18-20-12-14-22(15-13-20)26(33)30-27-29-23(19-35-27)17-25(31)32/h6-7,10-15,19,28H,2-5,8-9,16-18H2,1H3,(H,31,32)(H,29,30,33)/p-1. The molecule has 0 aliphatic carbocycles. The molecule has 0 radical (unpaired) electrons. The van der Waals surface area contributed by atoms with Gasteiger partial charge in [0.25, 0.3) is 5.91 Å². The predicted octanol–water partition coefficient (Wildman–Crippen LogP) is 4.44. The Morgan fingerprint density at radius 3 is 2.57 bits per heavy atom. The highest BCUT2D eigenvalue weighted by Gasteiger charge is 2.10. The van der Waals surface area contributed by atoms with Gasteiger partial charge in [0, 0.05) is 48.8 Å². The topological polar surface area (TPSA) is 103 Å². The van der Waals surface area contributed by atoms with Gasteiger partial charge >= 0.3 is 0 Å². The number of nitrogens with zero attached hydrogens (tertiary/aromatic N) is 1. The molecular formula is C27H32N3O4S-. The van der Waals surface area contributed by atoms with E-state index in [9.17, 15) is 14.7 Å². The van der Waals surface area contributed by atoms with Gasteiger partial charge in [0.2, 0.25) is 0 Å². The zero-order chi connectivity index (χ0) is 24.9. The Bertz CT molecular complexity index is 1080. The second kappa shape index (κ2) is 14.2. The van der Waals surface area contributed by atoms with Crippen molar-refractivity contribution in [3.63, 3.8) is 0 Å². The van der Waals surface area contributed by atoms with Gasteiger partial charge in [0.15, 0.2) is 5.13 Å². The Kier molecular flexibility index (Phi) is 10.7. The number of hydrogen-bond donors (Lipinski definition) is 2. The van der Waals surface area contributed by atoms with E-state index in [1.54, 1.807) is 17.5 Å². The van der Waals surface area contributed by atoms with Crippen molar-refractivity contribution in [2.75, 3.05) is 23.8 Å². The Hall–Kier alpha value is -3.23. The fraction of sp³-hybridized carbons (Fsp3) is 0.370. The molecule has 1 amide bonds. The van der Waals surface area contributed by atoms with Crippen LogP contribution in [-0.4, -0.2) is 30.1 Å². The summed E-state index contributed by atoms with van der Waals surface area (Å²) in [6.07, 6.45) is 5.44. The van der Waals surface area contributed by atoms with Crippen molar-refractivity contribution >= 4 is 34.0 Å². The molecule has 1 heterocycles. The van der Waals surface area contributed by atoms with Crippen LogP contribution in [0.5, 0.6) is 0 Å². The van der Waals surface area contributed by atoms with E-state index in [1.807, 2.05) is 25.1 Å². The number of thiazole rings is 1. The van der Waals surface area contributed by atoms with Crippen molar-refractivity contribution in [3.8, 4) is 0 Å². The lowest BCUT2D eigenvalue weighted by molar-refractivity contribution is -0.304. The quantitative estimate of drug-likeness (QED) is 0.303. The van der Waals surface area contributed by atoms with Gasteiger partial charge in [-0.1, -0.05) is 43.2 Å². The number of anilines is 2. The molecule has 2 aromatic carbocycles. The van der Waals surface area contributed by atoms with Crippen LogP contribution in [-0.2, 0) is 28.9 Å². The van der Waals surface area contributed by atoms with Crippen molar-refractivity contribution in [3.05, 3.63) is 76.3 Å². The first-order valence-corrected chi connectivity index (χ1v) is 12.9. The number of carboxylic acids is 1. The van der Waals surface area contributed by atoms with E-state index in [2.05, 4.69) is 33.8 Å². The van der Waals surface area contributed by atoms with Gasteiger partial charge in [-0.15, -0.1) is 11.3 Å². The van der Waals surface area contributed by atoms with E-state index in [0.29, 0.717) is 22.9 Å². The Morgan fingerprint density at radius 2 is 1.80 bits per heavy atom. The lowest BCUT2D eigenvalue weighted by atomic mass is 10.0. The molecular weight excluding hydrogens is 462 g/mol. The summed E-state index contributed by atoms with van der Waals surface area (Å²) >= 11 is 1.19. The van der Waals surface area contributed by atoms with Crippen LogP contribution in [0.3, 0.4) is 0 Å². The van der Waals surface area contributed by atoms with Crippen LogP contribution in [0.25, 0.3) is 0 Å². The van der Waals surface area contributed by atoms with Crippen molar-refractivity contribution in [1.29, 1.82) is 0 Å². The molecule has 0 saturated heterocycles. The van der Waals surface area contributed by atoms with Crippen LogP contribution in [0.15, 0.2) is 53.9 Å². The van der Waals surface area contributed by atoms with E-state index >= 15 is 0 Å². The number of amides is 1. The summed E-state index contributed by atoms with van der Waals surface area (Å²) < 4.78 is 5.40. The number of rotatable bonds is 15. The minimum atomic E-state index is -1.20. The lowest BCUT2D eigenvalue weighted by Crippen LogP contribution is -2.24. The minimum Gasteiger partial charge on any atom is -0.550 e. The van der Waals surface area contributed by atoms with Crippen LogP contribution >= 0.6 is 11.3 Å². The summed E-state index contributed by atoms with van der Waals surface area (Å²) in [5.74, 6) is -1.49. The van der Waals surface area contributed by atoms with Crippen LogP contribution < -0.4 is 15.7 Å². The highest BCUT2D eigenvalue weighted by Crippen LogP contribution is 2.20. The van der Waals surface area contributed by atoms with Gasteiger partial charge in [-0.05, 0) is 55.5 Å². The number of carbonyl (C=O) groups is 2. The average Bonchev–Trinajstić information content (AvgIpc) is 3.29.